The number of nitrogens with zero attached hydrogens (tertiary/aromatic N) is 2. The van der Waals surface area contributed by atoms with Crippen LogP contribution >= 0.6 is 0 Å². The van der Waals surface area contributed by atoms with Gasteiger partial charge in [-0.1, -0.05) is 12.1 Å². The van der Waals surface area contributed by atoms with Crippen LogP contribution in [0.4, 0.5) is 0 Å². The Morgan fingerprint density at radius 1 is 1.15 bits per heavy atom. The van der Waals surface area contributed by atoms with Crippen molar-refractivity contribution < 1.29 is 17.9 Å². The van der Waals surface area contributed by atoms with Crippen LogP contribution in [0.2, 0.25) is 0 Å². The van der Waals surface area contributed by atoms with Gasteiger partial charge in [0.15, 0.2) is 0 Å². The van der Waals surface area contributed by atoms with E-state index < -0.39 is 10.0 Å². The van der Waals surface area contributed by atoms with Gasteiger partial charge in [-0.3, -0.25) is 4.79 Å². The summed E-state index contributed by atoms with van der Waals surface area (Å²) in [4.78, 5) is 14.7. The quantitative estimate of drug-likeness (QED) is 0.804. The number of hydrogen-bond acceptors (Lipinski definition) is 4. The number of para-hydroxylation sites is 1. The van der Waals surface area contributed by atoms with E-state index in [1.165, 1.54) is 0 Å². The van der Waals surface area contributed by atoms with Gasteiger partial charge in [0.1, 0.15) is 16.3 Å². The number of hydrogen-bond donors (Lipinski definition) is 1. The zero-order chi connectivity index (χ0) is 19.1. The third-order valence-corrected chi connectivity index (χ3v) is 7.02. The molecule has 1 N–H and O–H groups in total. The summed E-state index contributed by atoms with van der Waals surface area (Å²) in [6.07, 6.45) is 3.23. The Morgan fingerprint density at radius 3 is 2.59 bits per heavy atom. The normalized spacial score (nSPS) is 21.0. The highest BCUT2D eigenvalue weighted by atomic mass is 32.2. The minimum absolute atomic E-state index is 0.00930. The van der Waals surface area contributed by atoms with E-state index in [9.17, 15) is 13.2 Å². The van der Waals surface area contributed by atoms with E-state index in [4.69, 9.17) is 4.74 Å². The maximum atomic E-state index is 12.7. The van der Waals surface area contributed by atoms with Crippen LogP contribution in [-0.4, -0.2) is 50.0 Å². The van der Waals surface area contributed by atoms with Gasteiger partial charge in [-0.05, 0) is 37.1 Å². The Morgan fingerprint density at radius 2 is 1.89 bits per heavy atom. The molecule has 8 heteroatoms. The van der Waals surface area contributed by atoms with Crippen molar-refractivity contribution in [1.82, 2.24) is 14.2 Å². The molecule has 1 amide bonds. The SMILES string of the molecule is Cn1cccc1C(=O)N1CCC2(CC1)CNS(=O)(=O)c1ccccc1OC2. The van der Waals surface area contributed by atoms with E-state index in [1.807, 2.05) is 34.8 Å². The molecule has 2 aliphatic heterocycles. The maximum Gasteiger partial charge on any atom is 0.270 e. The van der Waals surface area contributed by atoms with Gasteiger partial charge in [0.2, 0.25) is 10.0 Å². The summed E-state index contributed by atoms with van der Waals surface area (Å²) in [5.74, 6) is 0.390. The topological polar surface area (TPSA) is 80.6 Å². The van der Waals surface area contributed by atoms with Crippen molar-refractivity contribution in [3.05, 3.63) is 48.3 Å². The molecule has 0 aliphatic carbocycles. The Labute approximate surface area is 159 Å². The fourth-order valence-corrected chi connectivity index (χ4v) is 5.05. The summed E-state index contributed by atoms with van der Waals surface area (Å²) >= 11 is 0. The molecule has 2 aromatic rings. The first-order valence-electron chi connectivity index (χ1n) is 9.02. The largest absolute Gasteiger partial charge is 0.492 e. The molecule has 0 bridgehead atoms. The zero-order valence-electron chi connectivity index (χ0n) is 15.2. The number of sulfonamides is 1. The van der Waals surface area contributed by atoms with Crippen LogP contribution < -0.4 is 9.46 Å². The molecule has 0 radical (unpaired) electrons. The summed E-state index contributed by atoms with van der Waals surface area (Å²) in [5.41, 5.74) is 0.348. The molecule has 1 aromatic carbocycles. The number of benzene rings is 1. The molecule has 2 aliphatic rings. The number of rotatable bonds is 1. The molecule has 144 valence electrons. The Balaban J connectivity index is 1.50. The molecule has 1 aromatic heterocycles. The van der Waals surface area contributed by atoms with Crippen LogP contribution in [-0.2, 0) is 17.1 Å². The molecule has 7 nitrogen and oxygen atoms in total. The van der Waals surface area contributed by atoms with Crippen LogP contribution in [0.25, 0.3) is 0 Å². The fraction of sp³-hybridized carbons (Fsp3) is 0.421. The summed E-state index contributed by atoms with van der Waals surface area (Å²) in [5, 5.41) is 0. The second kappa shape index (κ2) is 6.69. The molecule has 1 saturated heterocycles. The monoisotopic (exact) mass is 389 g/mol. The molecule has 3 heterocycles. The number of ether oxygens (including phenoxy) is 1. The van der Waals surface area contributed by atoms with E-state index in [-0.39, 0.29) is 16.2 Å². The molecule has 1 spiro atoms. The third-order valence-electron chi connectivity index (χ3n) is 5.58. The Bertz CT molecular complexity index is 959. The molecule has 1 fully saturated rings. The molecule has 0 atom stereocenters. The fourth-order valence-electron chi connectivity index (χ4n) is 3.75. The number of aromatic nitrogens is 1. The van der Waals surface area contributed by atoms with E-state index in [0.29, 0.717) is 50.5 Å². The van der Waals surface area contributed by atoms with Crippen LogP contribution in [0.5, 0.6) is 5.75 Å². The summed E-state index contributed by atoms with van der Waals surface area (Å²) < 4.78 is 35.6. The van der Waals surface area contributed by atoms with Gasteiger partial charge in [-0.2, -0.15) is 0 Å². The minimum Gasteiger partial charge on any atom is -0.492 e. The van der Waals surface area contributed by atoms with Crippen molar-refractivity contribution in [3.63, 3.8) is 0 Å². The second-order valence-corrected chi connectivity index (χ2v) is 9.09. The first-order chi connectivity index (χ1) is 12.9. The lowest BCUT2D eigenvalue weighted by atomic mass is 9.79. The average Bonchev–Trinajstić information content (AvgIpc) is 3.10. The van der Waals surface area contributed by atoms with Crippen molar-refractivity contribution in [2.45, 2.75) is 17.7 Å². The number of aryl methyl sites for hydroxylation is 1. The van der Waals surface area contributed by atoms with Gasteiger partial charge in [-0.25, -0.2) is 13.1 Å². The molecule has 27 heavy (non-hydrogen) atoms. The highest BCUT2D eigenvalue weighted by molar-refractivity contribution is 7.89. The smallest absolute Gasteiger partial charge is 0.270 e. The predicted octanol–water partition coefficient (Wildman–Crippen LogP) is 1.62. The van der Waals surface area contributed by atoms with Gasteiger partial charge < -0.3 is 14.2 Å². The number of carbonyl (C=O) groups excluding carboxylic acids is 1. The van der Waals surface area contributed by atoms with Gasteiger partial charge >= 0.3 is 0 Å². The number of piperidine rings is 1. The lowest BCUT2D eigenvalue weighted by Crippen LogP contribution is -2.51. The molecule has 4 rings (SSSR count). The first kappa shape index (κ1) is 18.1. The molecule has 0 unspecified atom stereocenters. The van der Waals surface area contributed by atoms with Crippen molar-refractivity contribution in [3.8, 4) is 5.75 Å². The Hall–Kier alpha value is -2.32. The third kappa shape index (κ3) is 3.35. The van der Waals surface area contributed by atoms with Gasteiger partial charge in [-0.15, -0.1) is 0 Å². The Kier molecular flexibility index (Phi) is 4.47. The van der Waals surface area contributed by atoms with Gasteiger partial charge in [0, 0.05) is 38.3 Å². The summed E-state index contributed by atoms with van der Waals surface area (Å²) in [6.45, 7) is 1.90. The van der Waals surface area contributed by atoms with Crippen LogP contribution in [0, 0.1) is 5.41 Å². The van der Waals surface area contributed by atoms with Crippen LogP contribution in [0.15, 0.2) is 47.5 Å². The molecule has 0 saturated carbocycles. The number of amides is 1. The van der Waals surface area contributed by atoms with Crippen LogP contribution in [0.3, 0.4) is 0 Å². The minimum atomic E-state index is -3.61. The van der Waals surface area contributed by atoms with Crippen molar-refractivity contribution in [2.24, 2.45) is 12.5 Å². The number of likely N-dealkylation sites (tertiary alicyclic amines) is 1. The average molecular weight is 389 g/mol. The van der Waals surface area contributed by atoms with Crippen molar-refractivity contribution >= 4 is 15.9 Å². The number of fused-ring (bicyclic) bond motifs is 1. The standard InChI is InChI=1S/C19H23N3O4S/c1-21-10-4-5-15(21)18(23)22-11-8-19(9-12-22)13-20-27(24,25)17-7-3-2-6-16(17)26-14-19/h2-7,10,20H,8-9,11-14H2,1H3. The maximum absolute atomic E-state index is 12.7. The predicted molar refractivity (Wildman–Crippen MR) is 100 cm³/mol. The number of carbonyl (C=O) groups is 1. The lowest BCUT2D eigenvalue weighted by Gasteiger charge is -2.42. The second-order valence-electron chi connectivity index (χ2n) is 7.36. The van der Waals surface area contributed by atoms with Crippen molar-refractivity contribution in [1.29, 1.82) is 0 Å². The van der Waals surface area contributed by atoms with Crippen LogP contribution in [0.1, 0.15) is 23.3 Å². The first-order valence-corrected chi connectivity index (χ1v) is 10.5. The van der Waals surface area contributed by atoms with Crippen molar-refractivity contribution in [2.75, 3.05) is 26.2 Å². The molecular formula is C19H23N3O4S. The van der Waals surface area contributed by atoms with E-state index in [2.05, 4.69) is 4.72 Å². The van der Waals surface area contributed by atoms with Gasteiger partial charge in [0.05, 0.1) is 6.61 Å². The summed E-state index contributed by atoms with van der Waals surface area (Å²) in [6, 6.07) is 10.4. The van der Waals surface area contributed by atoms with E-state index in [0.717, 1.165) is 0 Å². The summed E-state index contributed by atoms with van der Waals surface area (Å²) in [7, 11) is -1.75. The van der Waals surface area contributed by atoms with E-state index in [1.54, 1.807) is 24.3 Å². The zero-order valence-corrected chi connectivity index (χ0v) is 16.0. The van der Waals surface area contributed by atoms with Gasteiger partial charge in [0.25, 0.3) is 5.91 Å². The highest BCUT2D eigenvalue weighted by Crippen LogP contribution is 2.36. The number of nitrogens with one attached hydrogen (secondary N) is 1. The highest BCUT2D eigenvalue weighted by Gasteiger charge is 2.40. The van der Waals surface area contributed by atoms with E-state index >= 15 is 0 Å². The molecular weight excluding hydrogens is 366 g/mol. The lowest BCUT2D eigenvalue weighted by molar-refractivity contribution is 0.0414.